The zero-order valence-corrected chi connectivity index (χ0v) is 9.35. The first kappa shape index (κ1) is 12.3. The highest BCUT2D eigenvalue weighted by molar-refractivity contribution is 7.85. The number of aromatic amines is 1. The van der Waals surface area contributed by atoms with E-state index < -0.39 is 10.1 Å². The van der Waals surface area contributed by atoms with Gasteiger partial charge >= 0.3 is 0 Å². The van der Waals surface area contributed by atoms with Gasteiger partial charge in [0, 0.05) is 0 Å². The Morgan fingerprint density at radius 3 is 2.19 bits per heavy atom. The summed E-state index contributed by atoms with van der Waals surface area (Å²) in [7, 11) is -4.02. The van der Waals surface area contributed by atoms with Crippen LogP contribution in [0.1, 0.15) is 5.56 Å². The molecule has 0 aliphatic rings. The monoisotopic (exact) mass is 241 g/mol. The highest BCUT2D eigenvalue weighted by Gasteiger charge is 2.06. The van der Waals surface area contributed by atoms with Crippen LogP contribution in [0.15, 0.2) is 41.8 Å². The van der Waals surface area contributed by atoms with Crippen LogP contribution in [0.5, 0.6) is 0 Å². The van der Waals surface area contributed by atoms with Crippen molar-refractivity contribution in [2.45, 2.75) is 11.8 Å². The second-order valence-corrected chi connectivity index (χ2v) is 4.36. The van der Waals surface area contributed by atoms with Crippen LogP contribution in [0.25, 0.3) is 0 Å². The lowest BCUT2D eigenvalue weighted by Gasteiger charge is -1.95. The number of benzene rings is 1. The molecule has 1 heterocycles. The molecule has 0 saturated carbocycles. The van der Waals surface area contributed by atoms with Crippen molar-refractivity contribution in [1.82, 2.24) is 15.2 Å². The van der Waals surface area contributed by atoms with Crippen LogP contribution in [-0.4, -0.2) is 28.2 Å². The highest BCUT2D eigenvalue weighted by Crippen LogP contribution is 2.08. The quantitative estimate of drug-likeness (QED) is 0.727. The van der Waals surface area contributed by atoms with E-state index in [0.29, 0.717) is 0 Å². The van der Waals surface area contributed by atoms with Crippen molar-refractivity contribution >= 4 is 10.1 Å². The molecule has 6 nitrogen and oxygen atoms in total. The van der Waals surface area contributed by atoms with E-state index in [0.717, 1.165) is 5.56 Å². The van der Waals surface area contributed by atoms with Gasteiger partial charge in [-0.3, -0.25) is 9.65 Å². The van der Waals surface area contributed by atoms with Crippen molar-refractivity contribution in [3.05, 3.63) is 42.5 Å². The van der Waals surface area contributed by atoms with Gasteiger partial charge < -0.3 is 0 Å². The molecule has 0 radical (unpaired) electrons. The average molecular weight is 241 g/mol. The Kier molecular flexibility index (Phi) is 4.15. The van der Waals surface area contributed by atoms with Crippen molar-refractivity contribution in [3.8, 4) is 0 Å². The molecule has 0 bridgehead atoms. The molecule has 7 heteroatoms. The van der Waals surface area contributed by atoms with Crippen molar-refractivity contribution in [2.24, 2.45) is 0 Å². The van der Waals surface area contributed by atoms with Gasteiger partial charge in [0.1, 0.15) is 12.7 Å². The van der Waals surface area contributed by atoms with Crippen LogP contribution in [-0.2, 0) is 10.1 Å². The van der Waals surface area contributed by atoms with E-state index in [1.54, 1.807) is 12.1 Å². The molecular formula is C9H11N3O3S. The number of nitrogens with one attached hydrogen (secondary N) is 1. The normalized spacial score (nSPS) is 10.4. The Morgan fingerprint density at radius 1 is 1.25 bits per heavy atom. The van der Waals surface area contributed by atoms with Crippen molar-refractivity contribution in [1.29, 1.82) is 0 Å². The Bertz CT molecular complexity index is 488. The highest BCUT2D eigenvalue weighted by atomic mass is 32.2. The summed E-state index contributed by atoms with van der Waals surface area (Å²) in [6, 6.07) is 5.99. The van der Waals surface area contributed by atoms with Gasteiger partial charge in [-0.2, -0.15) is 13.5 Å². The maximum atomic E-state index is 10.5. The summed E-state index contributed by atoms with van der Waals surface area (Å²) in [5.74, 6) is 0. The Hall–Kier alpha value is -1.73. The molecule has 1 aromatic carbocycles. The molecule has 0 atom stereocenters. The number of H-pyrrole nitrogens is 1. The maximum absolute atomic E-state index is 10.5. The Balaban J connectivity index is 0.000000212. The van der Waals surface area contributed by atoms with Crippen molar-refractivity contribution in [3.63, 3.8) is 0 Å². The number of rotatable bonds is 1. The summed E-state index contributed by atoms with van der Waals surface area (Å²) < 4.78 is 29.6. The predicted octanol–water partition coefficient (Wildman–Crippen LogP) is 1.05. The first-order valence-corrected chi connectivity index (χ1v) is 5.77. The molecule has 0 amide bonds. The number of hydrogen-bond acceptors (Lipinski definition) is 4. The van der Waals surface area contributed by atoms with E-state index in [9.17, 15) is 8.42 Å². The van der Waals surface area contributed by atoms with E-state index in [1.165, 1.54) is 24.8 Å². The largest absolute Gasteiger partial charge is 0.294 e. The van der Waals surface area contributed by atoms with E-state index in [-0.39, 0.29) is 4.90 Å². The SMILES string of the molecule is Cc1ccc(S(=O)(=O)O)cc1.c1nc[nH]n1. The summed E-state index contributed by atoms with van der Waals surface area (Å²) >= 11 is 0. The van der Waals surface area contributed by atoms with Gasteiger partial charge in [0.25, 0.3) is 10.1 Å². The lowest BCUT2D eigenvalue weighted by atomic mass is 10.2. The molecular weight excluding hydrogens is 230 g/mol. The second-order valence-electron chi connectivity index (χ2n) is 2.94. The predicted molar refractivity (Wildman–Crippen MR) is 57.4 cm³/mol. The van der Waals surface area contributed by atoms with Crippen LogP contribution in [0.3, 0.4) is 0 Å². The van der Waals surface area contributed by atoms with Crippen LogP contribution < -0.4 is 0 Å². The summed E-state index contributed by atoms with van der Waals surface area (Å²) in [6.45, 7) is 1.84. The second kappa shape index (κ2) is 5.38. The van der Waals surface area contributed by atoms with E-state index in [4.69, 9.17) is 4.55 Å². The molecule has 16 heavy (non-hydrogen) atoms. The van der Waals surface area contributed by atoms with Gasteiger partial charge in [-0.25, -0.2) is 4.98 Å². The average Bonchev–Trinajstić information content (AvgIpc) is 2.74. The standard InChI is InChI=1S/C7H8O3S.C2H3N3/c1-6-2-4-7(5-3-6)11(8,9)10;1-3-2-5-4-1/h2-5H,1H3,(H,8,9,10);1-2H,(H,3,4,5). The number of hydrogen-bond donors (Lipinski definition) is 2. The first-order valence-electron chi connectivity index (χ1n) is 4.33. The Labute approximate surface area is 93.1 Å². The number of aryl methyl sites for hydroxylation is 1. The molecule has 0 aliphatic carbocycles. The van der Waals surface area contributed by atoms with Crippen LogP contribution in [0.4, 0.5) is 0 Å². The van der Waals surface area contributed by atoms with E-state index in [1.807, 2.05) is 6.92 Å². The number of aromatic nitrogens is 3. The van der Waals surface area contributed by atoms with Gasteiger partial charge in [0.15, 0.2) is 0 Å². The molecule has 0 aliphatic heterocycles. The minimum atomic E-state index is -4.02. The smallest absolute Gasteiger partial charge is 0.282 e. The summed E-state index contributed by atoms with van der Waals surface area (Å²) in [5, 5.41) is 5.99. The van der Waals surface area contributed by atoms with Crippen LogP contribution in [0, 0.1) is 6.92 Å². The van der Waals surface area contributed by atoms with Gasteiger partial charge in [0.05, 0.1) is 4.90 Å². The fourth-order valence-electron chi connectivity index (χ4n) is 0.877. The Morgan fingerprint density at radius 2 is 1.88 bits per heavy atom. The minimum absolute atomic E-state index is 0.0666. The van der Waals surface area contributed by atoms with Gasteiger partial charge in [-0.05, 0) is 19.1 Å². The lowest BCUT2D eigenvalue weighted by Crippen LogP contribution is -1.96. The van der Waals surface area contributed by atoms with E-state index >= 15 is 0 Å². The summed E-state index contributed by atoms with van der Waals surface area (Å²) in [4.78, 5) is 3.49. The zero-order chi connectivity index (χ0) is 12.0. The fraction of sp³-hybridized carbons (Fsp3) is 0.111. The molecule has 0 fully saturated rings. The lowest BCUT2D eigenvalue weighted by molar-refractivity contribution is 0.483. The third-order valence-corrected chi connectivity index (χ3v) is 2.52. The summed E-state index contributed by atoms with van der Waals surface area (Å²) in [5.41, 5.74) is 0.956. The molecule has 2 rings (SSSR count). The minimum Gasteiger partial charge on any atom is -0.282 e. The molecule has 1 aromatic heterocycles. The molecule has 2 N–H and O–H groups in total. The fourth-order valence-corrected chi connectivity index (χ4v) is 1.36. The van der Waals surface area contributed by atoms with Crippen molar-refractivity contribution < 1.29 is 13.0 Å². The van der Waals surface area contributed by atoms with Crippen molar-refractivity contribution in [2.75, 3.05) is 0 Å². The van der Waals surface area contributed by atoms with Gasteiger partial charge in [-0.1, -0.05) is 17.7 Å². The molecule has 0 unspecified atom stereocenters. The first-order chi connectivity index (χ1) is 7.50. The summed E-state index contributed by atoms with van der Waals surface area (Å²) in [6.07, 6.45) is 2.96. The van der Waals surface area contributed by atoms with E-state index in [2.05, 4.69) is 15.2 Å². The van der Waals surface area contributed by atoms with Gasteiger partial charge in [-0.15, -0.1) is 0 Å². The van der Waals surface area contributed by atoms with Crippen LogP contribution >= 0.6 is 0 Å². The topological polar surface area (TPSA) is 95.9 Å². The molecule has 0 spiro atoms. The molecule has 2 aromatic rings. The maximum Gasteiger partial charge on any atom is 0.294 e. The molecule has 86 valence electrons. The number of nitrogens with zero attached hydrogens (tertiary/aromatic N) is 2. The third-order valence-electron chi connectivity index (χ3n) is 1.65. The third kappa shape index (κ3) is 4.20. The van der Waals surface area contributed by atoms with Gasteiger partial charge in [0.2, 0.25) is 0 Å². The zero-order valence-electron chi connectivity index (χ0n) is 8.53. The molecule has 0 saturated heterocycles. The van der Waals surface area contributed by atoms with Crippen LogP contribution in [0.2, 0.25) is 0 Å².